The quantitative estimate of drug-likeness (QED) is 0.577. The summed E-state index contributed by atoms with van der Waals surface area (Å²) >= 11 is 6.15. The lowest BCUT2D eigenvalue weighted by Crippen LogP contribution is -2.17. The molecule has 1 amide bonds. The third-order valence-electron chi connectivity index (χ3n) is 4.40. The Bertz CT molecular complexity index is 1190. The molecule has 3 rings (SSSR count). The van der Waals surface area contributed by atoms with Crippen molar-refractivity contribution in [3.8, 4) is 0 Å². The molecule has 0 aliphatic carbocycles. The molecular weight excluding hydrogens is 408 g/mol. The van der Waals surface area contributed by atoms with Gasteiger partial charge in [0.05, 0.1) is 10.7 Å². The zero-order valence-electron chi connectivity index (χ0n) is 16.3. The van der Waals surface area contributed by atoms with Gasteiger partial charge in [0.1, 0.15) is 4.90 Å². The minimum Gasteiger partial charge on any atom is -0.322 e. The Morgan fingerprint density at radius 2 is 1.62 bits per heavy atom. The summed E-state index contributed by atoms with van der Waals surface area (Å²) < 4.78 is 28.4. The summed E-state index contributed by atoms with van der Waals surface area (Å²) in [6.07, 6.45) is 0. The van der Waals surface area contributed by atoms with Crippen LogP contribution in [0, 0.1) is 20.8 Å². The summed E-state index contributed by atoms with van der Waals surface area (Å²) in [4.78, 5) is 12.4. The molecule has 0 saturated heterocycles. The number of nitrogens with one attached hydrogen (secondary N) is 2. The number of anilines is 2. The maximum Gasteiger partial charge on any atom is 0.263 e. The molecule has 0 aliphatic heterocycles. The zero-order chi connectivity index (χ0) is 21.2. The maximum absolute atomic E-state index is 12.9. The number of benzene rings is 3. The molecule has 0 heterocycles. The van der Waals surface area contributed by atoms with Crippen LogP contribution < -0.4 is 10.0 Å². The first-order valence-corrected chi connectivity index (χ1v) is 10.8. The van der Waals surface area contributed by atoms with Crippen LogP contribution in [0.15, 0.2) is 65.6 Å². The van der Waals surface area contributed by atoms with Gasteiger partial charge < -0.3 is 5.32 Å². The van der Waals surface area contributed by atoms with Crippen LogP contribution in [0.5, 0.6) is 0 Å². The van der Waals surface area contributed by atoms with Gasteiger partial charge >= 0.3 is 0 Å². The number of carbonyl (C=O) groups excluding carboxylic acids is 1. The second kappa shape index (κ2) is 8.27. The SMILES string of the molecule is Cc1cccc(NC(=O)c2ccc(Cl)c(S(=O)(=O)Nc3cc(C)ccc3C)c2)c1. The predicted molar refractivity (Wildman–Crippen MR) is 117 cm³/mol. The van der Waals surface area contributed by atoms with E-state index in [9.17, 15) is 13.2 Å². The van der Waals surface area contributed by atoms with E-state index in [2.05, 4.69) is 10.0 Å². The van der Waals surface area contributed by atoms with E-state index in [1.54, 1.807) is 12.1 Å². The van der Waals surface area contributed by atoms with Crippen molar-refractivity contribution in [1.82, 2.24) is 0 Å². The minimum atomic E-state index is -3.98. The third kappa shape index (κ3) is 4.96. The average Bonchev–Trinajstić information content (AvgIpc) is 2.64. The van der Waals surface area contributed by atoms with Gasteiger partial charge in [-0.15, -0.1) is 0 Å². The maximum atomic E-state index is 12.9. The molecule has 0 saturated carbocycles. The van der Waals surface area contributed by atoms with Crippen molar-refractivity contribution in [3.63, 3.8) is 0 Å². The highest BCUT2D eigenvalue weighted by atomic mass is 35.5. The topological polar surface area (TPSA) is 75.3 Å². The normalized spacial score (nSPS) is 11.2. The Morgan fingerprint density at radius 3 is 2.34 bits per heavy atom. The first-order chi connectivity index (χ1) is 13.7. The Labute approximate surface area is 175 Å². The molecule has 0 aromatic heterocycles. The summed E-state index contributed by atoms with van der Waals surface area (Å²) in [6, 6.07) is 17.0. The number of aryl methyl sites for hydroxylation is 3. The summed E-state index contributed by atoms with van der Waals surface area (Å²) in [5.74, 6) is -0.421. The molecule has 0 aliphatic rings. The average molecular weight is 429 g/mol. The van der Waals surface area contributed by atoms with Gasteiger partial charge in [-0.2, -0.15) is 0 Å². The lowest BCUT2D eigenvalue weighted by atomic mass is 10.1. The predicted octanol–water partition coefficient (Wildman–Crippen LogP) is 5.32. The molecule has 0 fully saturated rings. The number of hydrogen-bond donors (Lipinski definition) is 2. The van der Waals surface area contributed by atoms with Crippen molar-refractivity contribution in [2.24, 2.45) is 0 Å². The molecule has 0 radical (unpaired) electrons. The number of rotatable bonds is 5. The van der Waals surface area contributed by atoms with Gasteiger partial charge in [0.2, 0.25) is 0 Å². The van der Waals surface area contributed by atoms with Gasteiger partial charge in [0.25, 0.3) is 15.9 Å². The monoisotopic (exact) mass is 428 g/mol. The van der Waals surface area contributed by atoms with E-state index in [0.29, 0.717) is 11.4 Å². The molecule has 2 N–H and O–H groups in total. The van der Waals surface area contributed by atoms with E-state index in [4.69, 9.17) is 11.6 Å². The molecule has 7 heteroatoms. The molecule has 0 spiro atoms. The highest BCUT2D eigenvalue weighted by Gasteiger charge is 2.21. The van der Waals surface area contributed by atoms with Crippen molar-refractivity contribution in [3.05, 3.63) is 87.9 Å². The van der Waals surface area contributed by atoms with E-state index < -0.39 is 15.9 Å². The summed E-state index contributed by atoms with van der Waals surface area (Å²) in [5, 5.41) is 2.80. The standard InChI is InChI=1S/C22H21ClN2O3S/c1-14-5-4-6-18(11-14)24-22(26)17-9-10-19(23)21(13-17)29(27,28)25-20-12-15(2)7-8-16(20)3/h4-13,25H,1-3H3,(H,24,26). The summed E-state index contributed by atoms with van der Waals surface area (Å²) in [7, 11) is -3.98. The first-order valence-electron chi connectivity index (χ1n) is 8.93. The molecule has 0 bridgehead atoms. The number of hydrogen-bond acceptors (Lipinski definition) is 3. The molecule has 5 nitrogen and oxygen atoms in total. The van der Waals surface area contributed by atoms with Crippen LogP contribution in [0.3, 0.4) is 0 Å². The van der Waals surface area contributed by atoms with Crippen molar-refractivity contribution in [2.75, 3.05) is 10.0 Å². The smallest absolute Gasteiger partial charge is 0.263 e. The highest BCUT2D eigenvalue weighted by Crippen LogP contribution is 2.27. The Kier molecular flexibility index (Phi) is 5.96. The largest absolute Gasteiger partial charge is 0.322 e. The Balaban J connectivity index is 1.91. The molecule has 150 valence electrons. The molecule has 0 unspecified atom stereocenters. The van der Waals surface area contributed by atoms with Gasteiger partial charge in [0.15, 0.2) is 0 Å². The molecule has 29 heavy (non-hydrogen) atoms. The fourth-order valence-electron chi connectivity index (χ4n) is 2.82. The molecule has 3 aromatic rings. The van der Waals surface area contributed by atoms with E-state index in [0.717, 1.165) is 16.7 Å². The van der Waals surface area contributed by atoms with Crippen LogP contribution in [-0.2, 0) is 10.0 Å². The molecular formula is C22H21ClN2O3S. The van der Waals surface area contributed by atoms with E-state index in [-0.39, 0.29) is 15.5 Å². The number of halogens is 1. The molecule has 3 aromatic carbocycles. The van der Waals surface area contributed by atoms with Crippen LogP contribution in [0.2, 0.25) is 5.02 Å². The van der Waals surface area contributed by atoms with Gasteiger partial charge in [0, 0.05) is 11.3 Å². The van der Waals surface area contributed by atoms with Crippen LogP contribution in [-0.4, -0.2) is 14.3 Å². The Morgan fingerprint density at radius 1 is 0.897 bits per heavy atom. The minimum absolute atomic E-state index is 0.0370. The molecule has 0 atom stereocenters. The van der Waals surface area contributed by atoms with Crippen molar-refractivity contribution < 1.29 is 13.2 Å². The highest BCUT2D eigenvalue weighted by molar-refractivity contribution is 7.92. The lowest BCUT2D eigenvalue weighted by molar-refractivity contribution is 0.102. The van der Waals surface area contributed by atoms with Crippen molar-refractivity contribution >= 4 is 38.9 Å². The van der Waals surface area contributed by atoms with Crippen LogP contribution in [0.4, 0.5) is 11.4 Å². The second-order valence-electron chi connectivity index (χ2n) is 6.89. The van der Waals surface area contributed by atoms with Crippen molar-refractivity contribution in [2.45, 2.75) is 25.7 Å². The van der Waals surface area contributed by atoms with Crippen molar-refractivity contribution in [1.29, 1.82) is 0 Å². The fraction of sp³-hybridized carbons (Fsp3) is 0.136. The first kappa shape index (κ1) is 20.9. The summed E-state index contributed by atoms with van der Waals surface area (Å²) in [6.45, 7) is 5.60. The van der Waals surface area contributed by atoms with Gasteiger partial charge in [-0.25, -0.2) is 8.42 Å². The van der Waals surface area contributed by atoms with Crippen LogP contribution in [0.25, 0.3) is 0 Å². The summed E-state index contributed by atoms with van der Waals surface area (Å²) in [5.41, 5.74) is 3.99. The van der Waals surface area contributed by atoms with Gasteiger partial charge in [-0.3, -0.25) is 9.52 Å². The lowest BCUT2D eigenvalue weighted by Gasteiger charge is -2.13. The van der Waals surface area contributed by atoms with E-state index in [1.165, 1.54) is 18.2 Å². The van der Waals surface area contributed by atoms with Crippen LogP contribution in [0.1, 0.15) is 27.0 Å². The van der Waals surface area contributed by atoms with Crippen LogP contribution >= 0.6 is 11.6 Å². The number of sulfonamides is 1. The van der Waals surface area contributed by atoms with E-state index >= 15 is 0 Å². The zero-order valence-corrected chi connectivity index (χ0v) is 17.9. The second-order valence-corrected chi connectivity index (χ2v) is 8.95. The van der Waals surface area contributed by atoms with Gasteiger partial charge in [-0.05, 0) is 73.9 Å². The van der Waals surface area contributed by atoms with Gasteiger partial charge in [-0.1, -0.05) is 35.9 Å². The third-order valence-corrected chi connectivity index (χ3v) is 6.24. The number of amides is 1. The Hall–Kier alpha value is -2.83. The van der Waals surface area contributed by atoms with E-state index in [1.807, 2.05) is 51.1 Å². The fourth-order valence-corrected chi connectivity index (χ4v) is 4.47. The number of carbonyl (C=O) groups is 1.